The quantitative estimate of drug-likeness (QED) is 0.571. The molecule has 1 aliphatic carbocycles. The summed E-state index contributed by atoms with van der Waals surface area (Å²) in [7, 11) is 0. The van der Waals surface area contributed by atoms with Crippen LogP contribution >= 0.6 is 23.2 Å². The van der Waals surface area contributed by atoms with E-state index >= 15 is 0 Å². The zero-order chi connectivity index (χ0) is 17.8. The molecule has 1 aromatic carbocycles. The average molecular weight is 374 g/mol. The van der Waals surface area contributed by atoms with Crippen molar-refractivity contribution in [3.05, 3.63) is 57.8 Å². The van der Waals surface area contributed by atoms with Crippen molar-refractivity contribution in [1.82, 2.24) is 4.57 Å². The van der Waals surface area contributed by atoms with Gasteiger partial charge in [0.25, 0.3) is 5.91 Å². The van der Waals surface area contributed by atoms with E-state index in [1.165, 1.54) is 31.7 Å². The maximum atomic E-state index is 12.3. The third-order valence-electron chi connectivity index (χ3n) is 4.34. The summed E-state index contributed by atoms with van der Waals surface area (Å²) in [6.07, 6.45) is 10.4. The minimum atomic E-state index is -0.500. The Morgan fingerprint density at radius 3 is 2.72 bits per heavy atom. The summed E-state index contributed by atoms with van der Waals surface area (Å²) >= 11 is 11.9. The molecule has 0 atom stereocenters. The van der Waals surface area contributed by atoms with Crippen LogP contribution in [0.4, 0.5) is 5.69 Å². The lowest BCUT2D eigenvalue weighted by Crippen LogP contribution is -2.13. The van der Waals surface area contributed by atoms with Gasteiger partial charge in [-0.25, -0.2) is 0 Å². The monoisotopic (exact) mass is 373 g/mol. The molecule has 3 rings (SSSR count). The van der Waals surface area contributed by atoms with Crippen molar-refractivity contribution >= 4 is 40.9 Å². The first kappa shape index (κ1) is 17.6. The topological polar surface area (TPSA) is 57.8 Å². The number of halogens is 2. The number of aromatic nitrogens is 1. The van der Waals surface area contributed by atoms with Gasteiger partial charge in [-0.2, -0.15) is 5.26 Å². The van der Waals surface area contributed by atoms with Crippen LogP contribution in [0.5, 0.6) is 0 Å². The number of carbonyl (C=O) groups excluding carboxylic acids is 1. The number of nitriles is 1. The Morgan fingerprint density at radius 1 is 1.28 bits per heavy atom. The van der Waals surface area contributed by atoms with Crippen LogP contribution in [0.3, 0.4) is 0 Å². The molecular weight excluding hydrogens is 357 g/mol. The number of amides is 1. The Kier molecular flexibility index (Phi) is 5.47. The van der Waals surface area contributed by atoms with Crippen LogP contribution in [0, 0.1) is 11.3 Å². The second kappa shape index (κ2) is 7.77. The van der Waals surface area contributed by atoms with Crippen molar-refractivity contribution in [1.29, 1.82) is 5.26 Å². The van der Waals surface area contributed by atoms with Gasteiger partial charge < -0.3 is 9.88 Å². The maximum Gasteiger partial charge on any atom is 0.266 e. The van der Waals surface area contributed by atoms with Gasteiger partial charge in [-0.3, -0.25) is 4.79 Å². The molecule has 4 nitrogen and oxygen atoms in total. The second-order valence-corrected chi connectivity index (χ2v) is 6.92. The van der Waals surface area contributed by atoms with E-state index in [2.05, 4.69) is 9.88 Å². The van der Waals surface area contributed by atoms with E-state index in [1.807, 2.05) is 24.5 Å². The van der Waals surface area contributed by atoms with Crippen molar-refractivity contribution in [2.75, 3.05) is 5.32 Å². The van der Waals surface area contributed by atoms with Crippen molar-refractivity contribution in [3.63, 3.8) is 0 Å². The summed E-state index contributed by atoms with van der Waals surface area (Å²) in [4.78, 5) is 12.3. The van der Waals surface area contributed by atoms with E-state index in [9.17, 15) is 10.1 Å². The van der Waals surface area contributed by atoms with Crippen LogP contribution in [0.1, 0.15) is 37.3 Å². The van der Waals surface area contributed by atoms with Crippen molar-refractivity contribution in [3.8, 4) is 6.07 Å². The predicted octanol–water partition coefficient (Wildman–Crippen LogP) is 5.46. The number of benzene rings is 1. The minimum Gasteiger partial charge on any atom is -0.351 e. The largest absolute Gasteiger partial charge is 0.351 e. The van der Waals surface area contributed by atoms with E-state index in [0.29, 0.717) is 21.8 Å². The van der Waals surface area contributed by atoms with Gasteiger partial charge >= 0.3 is 0 Å². The molecule has 6 heteroatoms. The van der Waals surface area contributed by atoms with Crippen LogP contribution in [0.2, 0.25) is 10.0 Å². The zero-order valence-corrected chi connectivity index (χ0v) is 15.0. The molecule has 1 aromatic heterocycles. The summed E-state index contributed by atoms with van der Waals surface area (Å²) in [5.41, 5.74) is 1.27. The van der Waals surface area contributed by atoms with Gasteiger partial charge in [0.15, 0.2) is 0 Å². The fourth-order valence-electron chi connectivity index (χ4n) is 3.04. The Morgan fingerprint density at radius 2 is 2.04 bits per heavy atom. The number of hydrogen-bond donors (Lipinski definition) is 1. The highest BCUT2D eigenvalue weighted by Crippen LogP contribution is 2.30. The first-order valence-corrected chi connectivity index (χ1v) is 8.88. The number of hydrogen-bond acceptors (Lipinski definition) is 2. The number of carbonyl (C=O) groups is 1. The molecule has 25 heavy (non-hydrogen) atoms. The highest BCUT2D eigenvalue weighted by atomic mass is 35.5. The van der Waals surface area contributed by atoms with Crippen molar-refractivity contribution < 1.29 is 4.79 Å². The van der Waals surface area contributed by atoms with Gasteiger partial charge in [-0.05, 0) is 48.7 Å². The van der Waals surface area contributed by atoms with Crippen LogP contribution in [0.25, 0.3) is 6.08 Å². The van der Waals surface area contributed by atoms with Crippen LogP contribution < -0.4 is 5.32 Å². The molecule has 1 N–H and O–H groups in total. The molecule has 1 heterocycles. The summed E-state index contributed by atoms with van der Waals surface area (Å²) in [5, 5.41) is 12.8. The minimum absolute atomic E-state index is 0.0233. The standard InChI is InChI=1S/C19H17Cl2N3O/c20-15-5-6-18(17(21)10-15)23-19(25)14(11-22)9-13-7-8-24(12-13)16-3-1-2-4-16/h5-10,12,16H,1-4H2,(H,23,25)/b14-9+. The molecule has 128 valence electrons. The Bertz CT molecular complexity index is 858. The SMILES string of the molecule is N#C/C(=C\c1ccn(C2CCCC2)c1)C(=O)Nc1ccc(Cl)cc1Cl. The summed E-state index contributed by atoms with van der Waals surface area (Å²) in [6, 6.07) is 9.16. The molecule has 1 amide bonds. The molecular formula is C19H17Cl2N3O. The predicted molar refractivity (Wildman–Crippen MR) is 101 cm³/mol. The fraction of sp³-hybridized carbons (Fsp3) is 0.263. The normalized spacial score (nSPS) is 15.2. The van der Waals surface area contributed by atoms with E-state index in [4.69, 9.17) is 23.2 Å². The first-order chi connectivity index (χ1) is 12.1. The van der Waals surface area contributed by atoms with Gasteiger partial charge in [0.2, 0.25) is 0 Å². The molecule has 0 aliphatic heterocycles. The van der Waals surface area contributed by atoms with E-state index < -0.39 is 5.91 Å². The Hall–Kier alpha value is -2.22. The second-order valence-electron chi connectivity index (χ2n) is 6.08. The Balaban J connectivity index is 1.75. The summed E-state index contributed by atoms with van der Waals surface area (Å²) < 4.78 is 2.17. The molecule has 0 saturated heterocycles. The Labute approximate surface area is 156 Å². The van der Waals surface area contributed by atoms with Gasteiger partial charge in [-0.1, -0.05) is 36.0 Å². The van der Waals surface area contributed by atoms with Gasteiger partial charge in [0.1, 0.15) is 11.6 Å². The van der Waals surface area contributed by atoms with E-state index in [-0.39, 0.29) is 5.57 Å². The molecule has 0 unspecified atom stereocenters. The average Bonchev–Trinajstić information content (AvgIpc) is 3.26. The molecule has 0 spiro atoms. The van der Waals surface area contributed by atoms with E-state index in [1.54, 1.807) is 18.2 Å². The highest BCUT2D eigenvalue weighted by molar-refractivity contribution is 6.36. The summed E-state index contributed by atoms with van der Waals surface area (Å²) in [6.45, 7) is 0. The third-order valence-corrected chi connectivity index (χ3v) is 4.89. The maximum absolute atomic E-state index is 12.3. The van der Waals surface area contributed by atoms with Gasteiger partial charge in [0.05, 0.1) is 10.7 Å². The molecule has 0 radical (unpaired) electrons. The number of nitrogens with one attached hydrogen (secondary N) is 1. The number of rotatable bonds is 4. The summed E-state index contributed by atoms with van der Waals surface area (Å²) in [5.74, 6) is -0.500. The number of nitrogens with zero attached hydrogens (tertiary/aromatic N) is 2. The molecule has 0 bridgehead atoms. The smallest absolute Gasteiger partial charge is 0.266 e. The molecule has 1 saturated carbocycles. The van der Waals surface area contributed by atoms with Crippen molar-refractivity contribution in [2.45, 2.75) is 31.7 Å². The van der Waals surface area contributed by atoms with Gasteiger partial charge in [0, 0.05) is 23.5 Å². The van der Waals surface area contributed by atoms with Crippen LogP contribution in [0.15, 0.2) is 42.2 Å². The van der Waals surface area contributed by atoms with Crippen molar-refractivity contribution in [2.24, 2.45) is 0 Å². The highest BCUT2D eigenvalue weighted by Gasteiger charge is 2.17. The molecule has 2 aromatic rings. The zero-order valence-electron chi connectivity index (χ0n) is 13.5. The number of anilines is 1. The first-order valence-electron chi connectivity index (χ1n) is 8.12. The molecule has 1 aliphatic rings. The molecule has 1 fully saturated rings. The lowest BCUT2D eigenvalue weighted by Gasteiger charge is -2.10. The van der Waals surface area contributed by atoms with Gasteiger partial charge in [-0.15, -0.1) is 0 Å². The fourth-order valence-corrected chi connectivity index (χ4v) is 3.50. The van der Waals surface area contributed by atoms with Crippen LogP contribution in [-0.4, -0.2) is 10.5 Å². The lowest BCUT2D eigenvalue weighted by atomic mass is 10.2. The third kappa shape index (κ3) is 4.25. The van der Waals surface area contributed by atoms with E-state index in [0.717, 1.165) is 5.56 Å². The lowest BCUT2D eigenvalue weighted by molar-refractivity contribution is -0.112. The van der Waals surface area contributed by atoms with Crippen LogP contribution in [-0.2, 0) is 4.79 Å².